The monoisotopic (exact) mass is 300 g/mol. The van der Waals surface area contributed by atoms with Crippen molar-refractivity contribution in [2.24, 2.45) is 0 Å². The maximum absolute atomic E-state index is 12.1. The molecular formula is C17H20N2OS. The molecular weight excluding hydrogens is 280 g/mol. The zero-order valence-electron chi connectivity index (χ0n) is 12.2. The van der Waals surface area contributed by atoms with Crippen LogP contribution < -0.4 is 10.6 Å². The molecule has 110 valence electrons. The Morgan fingerprint density at radius 3 is 2.67 bits per heavy atom. The zero-order chi connectivity index (χ0) is 14.7. The van der Waals surface area contributed by atoms with Gasteiger partial charge in [0.1, 0.15) is 0 Å². The molecule has 0 radical (unpaired) electrons. The number of aryl methyl sites for hydroxylation is 2. The molecule has 1 aromatic carbocycles. The third kappa shape index (κ3) is 3.27. The molecule has 0 spiro atoms. The summed E-state index contributed by atoms with van der Waals surface area (Å²) in [6.07, 6.45) is 5.73. The quantitative estimate of drug-likeness (QED) is 0.837. The van der Waals surface area contributed by atoms with E-state index in [1.165, 1.54) is 28.8 Å². The number of urea groups is 1. The van der Waals surface area contributed by atoms with E-state index in [1.54, 1.807) is 11.3 Å². The van der Waals surface area contributed by atoms with E-state index in [4.69, 9.17) is 0 Å². The fourth-order valence-electron chi connectivity index (χ4n) is 2.71. The summed E-state index contributed by atoms with van der Waals surface area (Å²) in [6, 6.07) is 7.82. The maximum atomic E-state index is 12.1. The van der Waals surface area contributed by atoms with Crippen LogP contribution in [-0.4, -0.2) is 6.03 Å². The van der Waals surface area contributed by atoms with Crippen LogP contribution in [0.4, 0.5) is 16.2 Å². The topological polar surface area (TPSA) is 41.1 Å². The Bertz CT molecular complexity index is 631. The summed E-state index contributed by atoms with van der Waals surface area (Å²) in [4.78, 5) is 13.5. The molecule has 0 unspecified atom stereocenters. The molecule has 2 amide bonds. The highest BCUT2D eigenvalue weighted by atomic mass is 32.1. The van der Waals surface area contributed by atoms with Crippen molar-refractivity contribution in [3.8, 4) is 0 Å². The zero-order valence-corrected chi connectivity index (χ0v) is 13.1. The number of carbonyl (C=O) groups excluding carboxylic acids is 1. The molecule has 2 N–H and O–H groups in total. The van der Waals surface area contributed by atoms with E-state index in [0.717, 1.165) is 30.6 Å². The molecule has 0 fully saturated rings. The fourth-order valence-corrected chi connectivity index (χ4v) is 3.78. The number of nitrogens with one attached hydrogen (secondary N) is 2. The Hall–Kier alpha value is -1.81. The molecule has 21 heavy (non-hydrogen) atoms. The van der Waals surface area contributed by atoms with Gasteiger partial charge in [-0.2, -0.15) is 0 Å². The van der Waals surface area contributed by atoms with Crippen LogP contribution in [0.25, 0.3) is 0 Å². The van der Waals surface area contributed by atoms with Gasteiger partial charge in [0.05, 0.1) is 5.69 Å². The number of carbonyl (C=O) groups is 1. The summed E-state index contributed by atoms with van der Waals surface area (Å²) in [5.41, 5.74) is 4.42. The maximum Gasteiger partial charge on any atom is 0.323 e. The third-order valence-corrected chi connectivity index (χ3v) is 5.02. The molecule has 1 aliphatic rings. The molecule has 1 heterocycles. The van der Waals surface area contributed by atoms with Gasteiger partial charge in [0.2, 0.25) is 0 Å². The predicted molar refractivity (Wildman–Crippen MR) is 89.4 cm³/mol. The standard InChI is InChI=1S/C17H20N2OS/c1-2-12-7-9-13(10-8-12)18-17(20)19-15-11-21-16-6-4-3-5-14(15)16/h7-11H,2-6H2,1H3,(H2,18,19,20). The van der Waals surface area contributed by atoms with Crippen LogP contribution in [0.3, 0.4) is 0 Å². The summed E-state index contributed by atoms with van der Waals surface area (Å²) in [5, 5.41) is 7.95. The number of anilines is 2. The van der Waals surface area contributed by atoms with Crippen LogP contribution in [0.2, 0.25) is 0 Å². The minimum atomic E-state index is -0.162. The first-order valence-corrected chi connectivity index (χ1v) is 8.40. The summed E-state index contributed by atoms with van der Waals surface area (Å²) in [5.74, 6) is 0. The molecule has 2 aromatic rings. The largest absolute Gasteiger partial charge is 0.323 e. The van der Waals surface area contributed by atoms with Gasteiger partial charge in [-0.15, -0.1) is 11.3 Å². The van der Waals surface area contributed by atoms with Gasteiger partial charge in [0.15, 0.2) is 0 Å². The number of benzene rings is 1. The van der Waals surface area contributed by atoms with Crippen LogP contribution in [0.15, 0.2) is 29.6 Å². The summed E-state index contributed by atoms with van der Waals surface area (Å²) in [7, 11) is 0. The van der Waals surface area contributed by atoms with E-state index in [1.807, 2.05) is 24.3 Å². The van der Waals surface area contributed by atoms with Gasteiger partial charge in [-0.25, -0.2) is 4.79 Å². The second kappa shape index (κ2) is 6.31. The van der Waals surface area contributed by atoms with Crippen LogP contribution >= 0.6 is 11.3 Å². The van der Waals surface area contributed by atoms with Gasteiger partial charge < -0.3 is 10.6 Å². The van der Waals surface area contributed by atoms with E-state index in [0.29, 0.717) is 0 Å². The molecule has 4 heteroatoms. The molecule has 0 aliphatic heterocycles. The van der Waals surface area contributed by atoms with Gasteiger partial charge in [0, 0.05) is 15.9 Å². The van der Waals surface area contributed by atoms with Gasteiger partial charge in [0.25, 0.3) is 0 Å². The van der Waals surface area contributed by atoms with Crippen molar-refractivity contribution in [2.45, 2.75) is 39.0 Å². The number of hydrogen-bond donors (Lipinski definition) is 2. The van der Waals surface area contributed by atoms with E-state index in [9.17, 15) is 4.79 Å². The molecule has 3 rings (SSSR count). The van der Waals surface area contributed by atoms with Crippen molar-refractivity contribution < 1.29 is 4.79 Å². The SMILES string of the molecule is CCc1ccc(NC(=O)Nc2csc3c2CCCC3)cc1. The Labute approximate surface area is 129 Å². The Morgan fingerprint density at radius 2 is 1.90 bits per heavy atom. The average Bonchev–Trinajstić information content (AvgIpc) is 2.91. The van der Waals surface area contributed by atoms with Crippen molar-refractivity contribution in [1.29, 1.82) is 0 Å². The summed E-state index contributed by atoms with van der Waals surface area (Å²) in [6.45, 7) is 2.12. The highest BCUT2D eigenvalue weighted by Crippen LogP contribution is 2.33. The number of rotatable bonds is 3. The molecule has 1 aromatic heterocycles. The van der Waals surface area contributed by atoms with Gasteiger partial charge in [-0.3, -0.25) is 0 Å². The minimum Gasteiger partial charge on any atom is -0.308 e. The van der Waals surface area contributed by atoms with Crippen LogP contribution in [0.5, 0.6) is 0 Å². The lowest BCUT2D eigenvalue weighted by Gasteiger charge is -2.13. The van der Waals surface area contributed by atoms with Crippen LogP contribution in [-0.2, 0) is 19.3 Å². The van der Waals surface area contributed by atoms with Gasteiger partial charge in [-0.05, 0) is 55.4 Å². The van der Waals surface area contributed by atoms with Crippen molar-refractivity contribution in [3.63, 3.8) is 0 Å². The number of hydrogen-bond acceptors (Lipinski definition) is 2. The van der Waals surface area contributed by atoms with E-state index in [2.05, 4.69) is 22.9 Å². The summed E-state index contributed by atoms with van der Waals surface area (Å²) >= 11 is 1.76. The van der Waals surface area contributed by atoms with E-state index < -0.39 is 0 Å². The molecule has 3 nitrogen and oxygen atoms in total. The highest BCUT2D eigenvalue weighted by molar-refractivity contribution is 7.10. The van der Waals surface area contributed by atoms with E-state index >= 15 is 0 Å². The third-order valence-electron chi connectivity index (χ3n) is 3.93. The lowest BCUT2D eigenvalue weighted by atomic mass is 9.98. The first kappa shape index (κ1) is 14.1. The van der Waals surface area contributed by atoms with Crippen molar-refractivity contribution in [3.05, 3.63) is 45.6 Å². The lowest BCUT2D eigenvalue weighted by molar-refractivity contribution is 0.262. The van der Waals surface area contributed by atoms with Gasteiger partial charge >= 0.3 is 6.03 Å². The predicted octanol–water partition coefficient (Wildman–Crippen LogP) is 4.83. The molecule has 0 saturated carbocycles. The van der Waals surface area contributed by atoms with Crippen molar-refractivity contribution in [1.82, 2.24) is 0 Å². The van der Waals surface area contributed by atoms with Gasteiger partial charge in [-0.1, -0.05) is 19.1 Å². The minimum absolute atomic E-state index is 0.162. The fraction of sp³-hybridized carbons (Fsp3) is 0.353. The van der Waals surface area contributed by atoms with Crippen LogP contribution in [0, 0.1) is 0 Å². The number of thiophene rings is 1. The van der Waals surface area contributed by atoms with Crippen LogP contribution in [0.1, 0.15) is 35.8 Å². The van der Waals surface area contributed by atoms with E-state index in [-0.39, 0.29) is 6.03 Å². The first-order chi connectivity index (χ1) is 10.3. The Morgan fingerprint density at radius 1 is 1.14 bits per heavy atom. The van der Waals surface area contributed by atoms with Crippen molar-refractivity contribution in [2.75, 3.05) is 10.6 Å². The smallest absolute Gasteiger partial charge is 0.308 e. The lowest BCUT2D eigenvalue weighted by Crippen LogP contribution is -2.20. The molecule has 0 bridgehead atoms. The Balaban J connectivity index is 1.64. The summed E-state index contributed by atoms with van der Waals surface area (Å²) < 4.78 is 0. The number of amides is 2. The average molecular weight is 300 g/mol. The second-order valence-corrected chi connectivity index (χ2v) is 6.35. The molecule has 1 aliphatic carbocycles. The second-order valence-electron chi connectivity index (χ2n) is 5.39. The Kier molecular flexibility index (Phi) is 4.25. The molecule has 0 atom stereocenters. The first-order valence-electron chi connectivity index (χ1n) is 7.52. The normalized spacial score (nSPS) is 13.6. The molecule has 0 saturated heterocycles. The number of fused-ring (bicyclic) bond motifs is 1. The van der Waals surface area contributed by atoms with Crippen molar-refractivity contribution >= 4 is 28.7 Å². The highest BCUT2D eigenvalue weighted by Gasteiger charge is 2.16.